The van der Waals surface area contributed by atoms with E-state index >= 15 is 0 Å². The van der Waals surface area contributed by atoms with Crippen LogP contribution >= 0.6 is 0 Å². The molecule has 3 N–H and O–H groups in total. The molecule has 1 fully saturated rings. The van der Waals surface area contributed by atoms with E-state index in [9.17, 15) is 18.0 Å². The Bertz CT molecular complexity index is 516. The van der Waals surface area contributed by atoms with E-state index in [4.69, 9.17) is 5.73 Å². The van der Waals surface area contributed by atoms with E-state index in [2.05, 4.69) is 5.32 Å². The Labute approximate surface area is 128 Å². The lowest BCUT2D eigenvalue weighted by molar-refractivity contribution is -0.137. The lowest BCUT2D eigenvalue weighted by atomic mass is 9.84. The van der Waals surface area contributed by atoms with Gasteiger partial charge in [-0.3, -0.25) is 4.79 Å². The van der Waals surface area contributed by atoms with E-state index in [1.807, 2.05) is 0 Å². The summed E-state index contributed by atoms with van der Waals surface area (Å²) in [6.07, 6.45) is -0.397. The Kier molecular flexibility index (Phi) is 5.45. The van der Waals surface area contributed by atoms with Crippen molar-refractivity contribution in [2.45, 2.75) is 44.3 Å². The maximum atomic E-state index is 12.7. The smallest absolute Gasteiger partial charge is 0.353 e. The highest BCUT2D eigenvalue weighted by atomic mass is 19.4. The van der Waals surface area contributed by atoms with Crippen molar-refractivity contribution in [2.24, 2.45) is 11.7 Å². The van der Waals surface area contributed by atoms with Gasteiger partial charge < -0.3 is 11.1 Å². The van der Waals surface area contributed by atoms with Crippen LogP contribution in [0.5, 0.6) is 0 Å². The number of nitrogens with two attached hydrogens (primary N) is 1. The minimum Gasteiger partial charge on any atom is -0.353 e. The normalized spacial score (nSPS) is 22.4. The first kappa shape index (κ1) is 16.8. The van der Waals surface area contributed by atoms with E-state index in [1.165, 1.54) is 12.1 Å². The van der Waals surface area contributed by atoms with Crippen LogP contribution in [0.2, 0.25) is 0 Å². The summed E-state index contributed by atoms with van der Waals surface area (Å²) in [5.41, 5.74) is 5.35. The number of amides is 1. The largest absolute Gasteiger partial charge is 0.416 e. The maximum absolute atomic E-state index is 12.7. The molecule has 6 heteroatoms. The average molecular weight is 314 g/mol. The van der Waals surface area contributed by atoms with Crippen LogP contribution in [-0.2, 0) is 17.4 Å². The summed E-state index contributed by atoms with van der Waals surface area (Å²) < 4.78 is 38.0. The van der Waals surface area contributed by atoms with E-state index in [1.54, 1.807) is 0 Å². The van der Waals surface area contributed by atoms with Crippen molar-refractivity contribution in [1.29, 1.82) is 0 Å². The minimum atomic E-state index is -4.39. The molecule has 1 aromatic rings. The molecule has 0 heterocycles. The van der Waals surface area contributed by atoms with Crippen LogP contribution in [0, 0.1) is 5.92 Å². The molecule has 2 rings (SSSR count). The van der Waals surface area contributed by atoms with E-state index in [-0.39, 0.29) is 24.3 Å². The summed E-state index contributed by atoms with van der Waals surface area (Å²) >= 11 is 0. The average Bonchev–Trinajstić information content (AvgIpc) is 2.47. The van der Waals surface area contributed by atoms with Gasteiger partial charge in [0, 0.05) is 6.04 Å². The van der Waals surface area contributed by atoms with Crippen LogP contribution in [0.25, 0.3) is 0 Å². The van der Waals surface area contributed by atoms with Crippen LogP contribution < -0.4 is 11.1 Å². The lowest BCUT2D eigenvalue weighted by Crippen LogP contribution is -2.45. The number of hydrogen-bond acceptors (Lipinski definition) is 2. The first-order chi connectivity index (χ1) is 10.4. The van der Waals surface area contributed by atoms with Gasteiger partial charge in [-0.25, -0.2) is 0 Å². The molecule has 0 radical (unpaired) electrons. The molecule has 0 bridgehead atoms. The van der Waals surface area contributed by atoms with Crippen molar-refractivity contribution in [1.82, 2.24) is 5.32 Å². The van der Waals surface area contributed by atoms with Crippen molar-refractivity contribution >= 4 is 5.91 Å². The number of hydrogen-bond donors (Lipinski definition) is 2. The Morgan fingerprint density at radius 3 is 2.68 bits per heavy atom. The minimum absolute atomic E-state index is 0.0389. The zero-order valence-electron chi connectivity index (χ0n) is 12.3. The van der Waals surface area contributed by atoms with Crippen LogP contribution in [0.3, 0.4) is 0 Å². The summed E-state index contributed by atoms with van der Waals surface area (Å²) in [5, 5.41) is 2.93. The van der Waals surface area contributed by atoms with Gasteiger partial charge >= 0.3 is 6.18 Å². The highest BCUT2D eigenvalue weighted by Gasteiger charge is 2.30. The molecule has 0 saturated heterocycles. The first-order valence-electron chi connectivity index (χ1n) is 7.55. The van der Waals surface area contributed by atoms with Gasteiger partial charge in [0.2, 0.25) is 5.91 Å². The molecule has 2 atom stereocenters. The summed E-state index contributed by atoms with van der Waals surface area (Å²) in [6, 6.07) is 4.94. The molecule has 0 spiro atoms. The standard InChI is InChI=1S/C16H21F3N2O/c17-16(18,19)13-6-3-4-11(8-13)9-15(22)21-14-7-2-1-5-12(14)10-20/h3-4,6,8,12,14H,1-2,5,7,9-10,20H2,(H,21,22). The van der Waals surface area contributed by atoms with Gasteiger partial charge in [0.15, 0.2) is 0 Å². The molecule has 1 aliphatic rings. The highest BCUT2D eigenvalue weighted by molar-refractivity contribution is 5.79. The van der Waals surface area contributed by atoms with Gasteiger partial charge in [-0.2, -0.15) is 13.2 Å². The van der Waals surface area contributed by atoms with Crippen LogP contribution in [0.4, 0.5) is 13.2 Å². The van der Waals surface area contributed by atoms with Crippen molar-refractivity contribution in [3.63, 3.8) is 0 Å². The van der Waals surface area contributed by atoms with E-state index in [0.717, 1.165) is 37.8 Å². The Morgan fingerprint density at radius 2 is 2.00 bits per heavy atom. The monoisotopic (exact) mass is 314 g/mol. The molecular weight excluding hydrogens is 293 g/mol. The van der Waals surface area contributed by atoms with Gasteiger partial charge in [-0.05, 0) is 36.9 Å². The summed E-state index contributed by atoms with van der Waals surface area (Å²) in [7, 11) is 0. The molecule has 3 nitrogen and oxygen atoms in total. The van der Waals surface area contributed by atoms with Crippen molar-refractivity contribution < 1.29 is 18.0 Å². The molecule has 2 unspecified atom stereocenters. The van der Waals surface area contributed by atoms with Gasteiger partial charge in [0.1, 0.15) is 0 Å². The lowest BCUT2D eigenvalue weighted by Gasteiger charge is -2.31. The van der Waals surface area contributed by atoms with Gasteiger partial charge in [-0.1, -0.05) is 31.0 Å². The van der Waals surface area contributed by atoms with Crippen LogP contribution in [0.1, 0.15) is 36.8 Å². The second kappa shape index (κ2) is 7.13. The first-order valence-corrected chi connectivity index (χ1v) is 7.55. The van der Waals surface area contributed by atoms with Gasteiger partial charge in [0.25, 0.3) is 0 Å². The summed E-state index contributed by atoms with van der Waals surface area (Å²) in [6.45, 7) is 0.522. The number of carbonyl (C=O) groups excluding carboxylic acids is 1. The van der Waals surface area contributed by atoms with E-state index < -0.39 is 11.7 Å². The number of nitrogens with one attached hydrogen (secondary N) is 1. The van der Waals surface area contributed by atoms with Gasteiger partial charge in [0.05, 0.1) is 12.0 Å². The molecule has 22 heavy (non-hydrogen) atoms. The maximum Gasteiger partial charge on any atom is 0.416 e. The summed E-state index contributed by atoms with van der Waals surface area (Å²) in [5.74, 6) is 0.0175. The van der Waals surface area contributed by atoms with Crippen LogP contribution in [-0.4, -0.2) is 18.5 Å². The third-order valence-corrected chi connectivity index (χ3v) is 4.18. The highest BCUT2D eigenvalue weighted by Crippen LogP contribution is 2.29. The topological polar surface area (TPSA) is 55.1 Å². The quantitative estimate of drug-likeness (QED) is 0.898. The SMILES string of the molecule is NCC1CCCCC1NC(=O)Cc1cccc(C(F)(F)F)c1. The molecule has 0 aliphatic heterocycles. The number of rotatable bonds is 4. The molecule has 1 amide bonds. The third kappa shape index (κ3) is 4.47. The molecule has 122 valence electrons. The van der Waals surface area contributed by atoms with Gasteiger partial charge in [-0.15, -0.1) is 0 Å². The zero-order chi connectivity index (χ0) is 16.2. The second-order valence-corrected chi connectivity index (χ2v) is 5.83. The van der Waals surface area contributed by atoms with Crippen molar-refractivity contribution in [3.8, 4) is 0 Å². The fourth-order valence-corrected chi connectivity index (χ4v) is 2.98. The molecular formula is C16H21F3N2O. The molecule has 1 saturated carbocycles. The Morgan fingerprint density at radius 1 is 1.27 bits per heavy atom. The van der Waals surface area contributed by atoms with Crippen molar-refractivity contribution in [2.75, 3.05) is 6.54 Å². The van der Waals surface area contributed by atoms with E-state index in [0.29, 0.717) is 12.1 Å². The third-order valence-electron chi connectivity index (χ3n) is 4.18. The van der Waals surface area contributed by atoms with Crippen LogP contribution in [0.15, 0.2) is 24.3 Å². The number of benzene rings is 1. The number of carbonyl (C=O) groups is 1. The fraction of sp³-hybridized carbons (Fsp3) is 0.562. The number of halogens is 3. The predicted octanol–water partition coefficient (Wildman–Crippen LogP) is 2.88. The Hall–Kier alpha value is -1.56. The molecule has 0 aromatic heterocycles. The molecule has 1 aromatic carbocycles. The zero-order valence-corrected chi connectivity index (χ0v) is 12.3. The predicted molar refractivity (Wildman–Crippen MR) is 78.1 cm³/mol. The second-order valence-electron chi connectivity index (χ2n) is 5.83. The summed E-state index contributed by atoms with van der Waals surface area (Å²) in [4.78, 5) is 12.1. The fourth-order valence-electron chi connectivity index (χ4n) is 2.98. The molecule has 1 aliphatic carbocycles. The Balaban J connectivity index is 1.97. The van der Waals surface area contributed by atoms with Crippen molar-refractivity contribution in [3.05, 3.63) is 35.4 Å². The number of alkyl halides is 3.